The first-order chi connectivity index (χ1) is 9.93. The summed E-state index contributed by atoms with van der Waals surface area (Å²) >= 11 is 1.63. The molecule has 4 aliphatic rings. The van der Waals surface area contributed by atoms with Gasteiger partial charge in [0, 0.05) is 17.3 Å². The van der Waals surface area contributed by atoms with Crippen molar-refractivity contribution in [2.45, 2.75) is 94.7 Å². The molecule has 1 aliphatic carbocycles. The van der Waals surface area contributed by atoms with Crippen LogP contribution in [0.5, 0.6) is 0 Å². The molecule has 0 spiro atoms. The molecule has 4 atom stereocenters. The lowest BCUT2D eigenvalue weighted by Crippen LogP contribution is -2.45. The number of hydrogen-bond acceptors (Lipinski definition) is 2. The molecule has 0 N–H and O–H groups in total. The Labute approximate surface area is 135 Å². The number of carbonyl (C=O) groups is 1. The number of rotatable bonds is 2. The molecule has 4 heteroatoms. The lowest BCUT2D eigenvalue weighted by atomic mass is 9.27. The molecule has 21 heavy (non-hydrogen) atoms. The lowest BCUT2D eigenvalue weighted by Gasteiger charge is -2.52. The van der Waals surface area contributed by atoms with Crippen LogP contribution in [0.4, 0.5) is 4.79 Å². The Morgan fingerprint density at radius 1 is 1.29 bits per heavy atom. The summed E-state index contributed by atoms with van der Waals surface area (Å²) in [6.07, 6.45) is 7.77. The van der Waals surface area contributed by atoms with Crippen molar-refractivity contribution in [3.8, 4) is 0 Å². The largest absolute Gasteiger partial charge is 0.327 e. The van der Waals surface area contributed by atoms with Gasteiger partial charge in [-0.05, 0) is 32.6 Å². The second-order valence-electron chi connectivity index (χ2n) is 7.99. The summed E-state index contributed by atoms with van der Waals surface area (Å²) < 4.78 is 0. The molecular weight excluding hydrogens is 277 g/mol. The third kappa shape index (κ3) is 2.77. The molecule has 4 fully saturated rings. The average Bonchev–Trinajstić information content (AvgIpc) is 2.67. The van der Waals surface area contributed by atoms with Crippen LogP contribution in [0.1, 0.15) is 66.2 Å². The highest BCUT2D eigenvalue weighted by molar-refractivity contribution is 8.14. The van der Waals surface area contributed by atoms with Gasteiger partial charge >= 0.3 is 0 Å². The SMILES string of the molecule is CC(C)N1C(=O)SC2CC3[B]C(C(C)C)(CCCCC21)C3. The molecule has 1 amide bonds. The topological polar surface area (TPSA) is 20.3 Å². The molecule has 2 nitrogen and oxygen atoms in total. The van der Waals surface area contributed by atoms with E-state index in [0.29, 0.717) is 27.9 Å². The van der Waals surface area contributed by atoms with Crippen LogP contribution in [-0.2, 0) is 0 Å². The van der Waals surface area contributed by atoms with E-state index < -0.39 is 0 Å². The van der Waals surface area contributed by atoms with Gasteiger partial charge in [-0.25, -0.2) is 0 Å². The van der Waals surface area contributed by atoms with Crippen LogP contribution in [-0.4, -0.2) is 34.8 Å². The van der Waals surface area contributed by atoms with Gasteiger partial charge in [0.1, 0.15) is 7.28 Å². The van der Waals surface area contributed by atoms with Gasteiger partial charge in [0.05, 0.1) is 0 Å². The van der Waals surface area contributed by atoms with Crippen molar-refractivity contribution < 1.29 is 4.79 Å². The first-order valence-electron chi connectivity index (χ1n) is 8.78. The summed E-state index contributed by atoms with van der Waals surface area (Å²) in [5, 5.41) is 1.38. The molecule has 0 aromatic heterocycles. The Morgan fingerprint density at radius 3 is 2.62 bits per heavy atom. The standard InChI is InChI=1S/C17H29BNOS/c1-11(2)17-8-6-5-7-14-15(9-13(10-17)18-17)21-16(20)19(14)12(3)4/h11-15H,5-10H2,1-4H3. The predicted octanol–water partition coefficient (Wildman–Crippen LogP) is 4.98. The Balaban J connectivity index is 1.73. The van der Waals surface area contributed by atoms with Crippen molar-refractivity contribution in [3.63, 3.8) is 0 Å². The highest BCUT2D eigenvalue weighted by atomic mass is 32.2. The monoisotopic (exact) mass is 306 g/mol. The molecule has 3 aliphatic heterocycles. The Kier molecular flexibility index (Phi) is 4.38. The van der Waals surface area contributed by atoms with E-state index in [2.05, 4.69) is 39.9 Å². The average molecular weight is 306 g/mol. The van der Waals surface area contributed by atoms with E-state index in [-0.39, 0.29) is 0 Å². The van der Waals surface area contributed by atoms with E-state index in [1.165, 1.54) is 38.5 Å². The number of fused-ring (bicyclic) bond motifs is 3. The fraction of sp³-hybridized carbons (Fsp3) is 0.941. The van der Waals surface area contributed by atoms with Gasteiger partial charge in [-0.3, -0.25) is 4.79 Å². The molecule has 1 saturated carbocycles. The minimum Gasteiger partial charge on any atom is -0.327 e. The van der Waals surface area contributed by atoms with Gasteiger partial charge < -0.3 is 4.90 Å². The molecule has 3 saturated heterocycles. The molecule has 0 aromatic rings. The fourth-order valence-corrected chi connectivity index (χ4v) is 6.29. The third-order valence-electron chi connectivity index (χ3n) is 6.09. The quantitative estimate of drug-likeness (QED) is 0.671. The molecule has 4 rings (SSSR count). The van der Waals surface area contributed by atoms with E-state index in [1.807, 2.05) is 0 Å². The Bertz CT molecular complexity index is 406. The van der Waals surface area contributed by atoms with Gasteiger partial charge in [-0.15, -0.1) is 0 Å². The second-order valence-corrected chi connectivity index (χ2v) is 9.18. The number of amides is 1. The van der Waals surface area contributed by atoms with E-state index in [0.717, 1.165) is 11.7 Å². The number of nitrogens with zero attached hydrogens (tertiary/aromatic N) is 1. The summed E-state index contributed by atoms with van der Waals surface area (Å²) in [6.45, 7) is 9.10. The van der Waals surface area contributed by atoms with Crippen LogP contribution in [0.2, 0.25) is 11.1 Å². The number of carbonyl (C=O) groups excluding carboxylic acids is 1. The molecule has 117 valence electrons. The third-order valence-corrected chi connectivity index (χ3v) is 7.31. The highest BCUT2D eigenvalue weighted by Gasteiger charge is 2.50. The fourth-order valence-electron chi connectivity index (χ4n) is 4.79. The van der Waals surface area contributed by atoms with E-state index in [4.69, 9.17) is 0 Å². The zero-order chi connectivity index (χ0) is 15.2. The Hall–Kier alpha value is -0.115. The maximum atomic E-state index is 12.3. The summed E-state index contributed by atoms with van der Waals surface area (Å²) in [6, 6.07) is 0.839. The summed E-state index contributed by atoms with van der Waals surface area (Å²) in [5.74, 6) is 1.53. The number of thioether (sulfide) groups is 1. The van der Waals surface area contributed by atoms with Crippen LogP contribution in [0.25, 0.3) is 0 Å². The maximum absolute atomic E-state index is 12.3. The van der Waals surface area contributed by atoms with Crippen molar-refractivity contribution in [1.82, 2.24) is 4.90 Å². The van der Waals surface area contributed by atoms with Crippen molar-refractivity contribution in [2.75, 3.05) is 0 Å². The molecule has 0 aromatic carbocycles. The van der Waals surface area contributed by atoms with E-state index in [1.54, 1.807) is 11.8 Å². The first kappa shape index (κ1) is 15.8. The summed E-state index contributed by atoms with van der Waals surface area (Å²) in [5.41, 5.74) is 0. The van der Waals surface area contributed by atoms with Crippen molar-refractivity contribution in [3.05, 3.63) is 0 Å². The zero-order valence-corrected chi connectivity index (χ0v) is 14.8. The molecule has 2 bridgehead atoms. The molecule has 1 radical (unpaired) electrons. The summed E-state index contributed by atoms with van der Waals surface area (Å²) in [7, 11) is 2.66. The minimum atomic E-state index is 0.327. The van der Waals surface area contributed by atoms with E-state index >= 15 is 0 Å². The van der Waals surface area contributed by atoms with Gasteiger partial charge in [0.2, 0.25) is 0 Å². The number of hydrogen-bond donors (Lipinski definition) is 0. The lowest BCUT2D eigenvalue weighted by molar-refractivity contribution is 0.170. The van der Waals surface area contributed by atoms with Crippen LogP contribution < -0.4 is 0 Å². The van der Waals surface area contributed by atoms with Crippen molar-refractivity contribution in [1.29, 1.82) is 0 Å². The van der Waals surface area contributed by atoms with Gasteiger partial charge in [-0.1, -0.05) is 62.4 Å². The smallest absolute Gasteiger partial charge is 0.282 e. The van der Waals surface area contributed by atoms with Gasteiger partial charge in [0.25, 0.3) is 5.24 Å². The summed E-state index contributed by atoms with van der Waals surface area (Å²) in [4.78, 5) is 14.5. The highest BCUT2D eigenvalue weighted by Crippen LogP contribution is 2.60. The predicted molar refractivity (Wildman–Crippen MR) is 92.3 cm³/mol. The van der Waals surface area contributed by atoms with Crippen molar-refractivity contribution >= 4 is 24.3 Å². The Morgan fingerprint density at radius 2 is 2.00 bits per heavy atom. The minimum absolute atomic E-state index is 0.327. The maximum Gasteiger partial charge on any atom is 0.282 e. The van der Waals surface area contributed by atoms with Crippen LogP contribution >= 0.6 is 11.8 Å². The first-order valence-corrected chi connectivity index (χ1v) is 9.66. The van der Waals surface area contributed by atoms with E-state index in [9.17, 15) is 4.79 Å². The van der Waals surface area contributed by atoms with Crippen LogP contribution in [0.3, 0.4) is 0 Å². The zero-order valence-electron chi connectivity index (χ0n) is 14.0. The van der Waals surface area contributed by atoms with Crippen LogP contribution in [0, 0.1) is 5.92 Å². The molecule has 4 unspecified atom stereocenters. The van der Waals surface area contributed by atoms with Gasteiger partial charge in [0.15, 0.2) is 0 Å². The second kappa shape index (κ2) is 5.83. The normalized spacial score (nSPS) is 40.0. The molecule has 3 heterocycles. The molecular formula is C17H29BNOS. The van der Waals surface area contributed by atoms with Crippen LogP contribution in [0.15, 0.2) is 0 Å². The van der Waals surface area contributed by atoms with Gasteiger partial charge in [-0.2, -0.15) is 0 Å². The van der Waals surface area contributed by atoms with Crippen molar-refractivity contribution in [2.24, 2.45) is 5.92 Å².